The Bertz CT molecular complexity index is 1180. The number of nitrogens with zero attached hydrogens (tertiary/aromatic N) is 3. The Morgan fingerprint density at radius 1 is 0.939 bits per heavy atom. The highest BCUT2D eigenvalue weighted by Gasteiger charge is 2.16. The van der Waals surface area contributed by atoms with Gasteiger partial charge in [0.25, 0.3) is 0 Å². The number of fused-ring (bicyclic) bond motifs is 1. The molecular weight excluding hydrogens is 442 g/mol. The van der Waals surface area contributed by atoms with Gasteiger partial charge >= 0.3 is 5.69 Å². The predicted molar refractivity (Wildman–Crippen MR) is 128 cm³/mol. The van der Waals surface area contributed by atoms with Crippen LogP contribution in [0.5, 0.6) is 0 Å². The van der Waals surface area contributed by atoms with E-state index in [0.717, 1.165) is 11.1 Å². The van der Waals surface area contributed by atoms with Gasteiger partial charge in [0.15, 0.2) is 10.8 Å². The van der Waals surface area contributed by atoms with Gasteiger partial charge < -0.3 is 20.2 Å². The molecule has 9 heteroatoms. The molecule has 0 saturated heterocycles. The van der Waals surface area contributed by atoms with Crippen LogP contribution in [0.2, 0.25) is 5.15 Å². The van der Waals surface area contributed by atoms with E-state index in [9.17, 15) is 4.79 Å². The SMILES string of the molecule is Nc1nc(Cl)c2[nH]c(=O)n(CCC(COCc3ccccc3)COCc3ccccc3)c2n1. The molecule has 4 aromatic rings. The largest absolute Gasteiger partial charge is 0.376 e. The third kappa shape index (κ3) is 6.19. The fraction of sp³-hybridized carbons (Fsp3) is 0.292. The van der Waals surface area contributed by atoms with E-state index in [1.54, 1.807) is 0 Å². The molecule has 0 aliphatic rings. The number of aromatic nitrogens is 4. The van der Waals surface area contributed by atoms with Crippen LogP contribution in [-0.2, 0) is 29.2 Å². The van der Waals surface area contributed by atoms with Crippen molar-refractivity contribution in [3.63, 3.8) is 0 Å². The zero-order valence-corrected chi connectivity index (χ0v) is 18.9. The van der Waals surface area contributed by atoms with Crippen LogP contribution in [0, 0.1) is 5.92 Å². The van der Waals surface area contributed by atoms with E-state index in [4.69, 9.17) is 26.8 Å². The van der Waals surface area contributed by atoms with Crippen molar-refractivity contribution in [1.29, 1.82) is 0 Å². The van der Waals surface area contributed by atoms with Crippen LogP contribution in [-0.4, -0.2) is 32.7 Å². The Kier molecular flexibility index (Phi) is 7.72. The number of rotatable bonds is 11. The van der Waals surface area contributed by atoms with Gasteiger partial charge in [-0.1, -0.05) is 72.3 Å². The van der Waals surface area contributed by atoms with E-state index in [1.165, 1.54) is 4.57 Å². The van der Waals surface area contributed by atoms with Gasteiger partial charge in [-0.25, -0.2) is 4.79 Å². The summed E-state index contributed by atoms with van der Waals surface area (Å²) in [4.78, 5) is 23.3. The normalized spacial score (nSPS) is 11.5. The summed E-state index contributed by atoms with van der Waals surface area (Å²) in [6.45, 7) is 2.45. The molecule has 0 radical (unpaired) electrons. The summed E-state index contributed by atoms with van der Waals surface area (Å²) < 4.78 is 13.5. The minimum absolute atomic E-state index is 0.0224. The highest BCUT2D eigenvalue weighted by atomic mass is 35.5. The average Bonchev–Trinajstić information content (AvgIpc) is 3.14. The summed E-state index contributed by atoms with van der Waals surface area (Å²) in [7, 11) is 0. The molecule has 0 saturated carbocycles. The molecule has 0 amide bonds. The Balaban J connectivity index is 1.41. The number of nitrogen functional groups attached to an aromatic ring is 1. The maximum Gasteiger partial charge on any atom is 0.327 e. The van der Waals surface area contributed by atoms with Crippen LogP contribution in [0.25, 0.3) is 11.2 Å². The van der Waals surface area contributed by atoms with Crippen LogP contribution in [0.3, 0.4) is 0 Å². The molecule has 0 bridgehead atoms. The molecule has 0 unspecified atom stereocenters. The zero-order chi connectivity index (χ0) is 23.0. The van der Waals surface area contributed by atoms with Gasteiger partial charge in [0.05, 0.1) is 26.4 Å². The van der Waals surface area contributed by atoms with Crippen molar-refractivity contribution in [3.8, 4) is 0 Å². The van der Waals surface area contributed by atoms with Crippen molar-refractivity contribution in [2.24, 2.45) is 5.92 Å². The van der Waals surface area contributed by atoms with E-state index in [-0.39, 0.29) is 22.7 Å². The topological polar surface area (TPSA) is 108 Å². The number of imidazole rings is 1. The van der Waals surface area contributed by atoms with Gasteiger partial charge in [-0.15, -0.1) is 0 Å². The molecule has 2 aromatic carbocycles. The third-order valence-electron chi connectivity index (χ3n) is 5.29. The number of hydrogen-bond donors (Lipinski definition) is 2. The summed E-state index contributed by atoms with van der Waals surface area (Å²) >= 11 is 6.11. The summed E-state index contributed by atoms with van der Waals surface area (Å²) in [5, 5.41) is 0.127. The number of nitrogens with one attached hydrogen (secondary N) is 1. The summed E-state index contributed by atoms with van der Waals surface area (Å²) in [5.41, 5.74) is 8.41. The lowest BCUT2D eigenvalue weighted by molar-refractivity contribution is 0.0226. The number of aromatic amines is 1. The lowest BCUT2D eigenvalue weighted by Gasteiger charge is -2.18. The fourth-order valence-electron chi connectivity index (χ4n) is 3.58. The summed E-state index contributed by atoms with van der Waals surface area (Å²) in [5.74, 6) is 0.0955. The second-order valence-electron chi connectivity index (χ2n) is 7.81. The minimum atomic E-state index is -0.305. The Hall–Kier alpha value is -3.20. The Morgan fingerprint density at radius 2 is 1.52 bits per heavy atom. The monoisotopic (exact) mass is 467 g/mol. The number of benzene rings is 2. The molecule has 0 aliphatic carbocycles. The first-order valence-electron chi connectivity index (χ1n) is 10.7. The first-order valence-corrected chi connectivity index (χ1v) is 11.1. The molecule has 0 aliphatic heterocycles. The van der Waals surface area contributed by atoms with E-state index in [1.807, 2.05) is 60.7 Å². The Labute approximate surface area is 196 Å². The highest BCUT2D eigenvalue weighted by Crippen LogP contribution is 2.19. The maximum atomic E-state index is 12.5. The van der Waals surface area contributed by atoms with Crippen molar-refractivity contribution in [2.75, 3.05) is 18.9 Å². The quantitative estimate of drug-likeness (QED) is 0.325. The molecule has 0 spiro atoms. The van der Waals surface area contributed by atoms with Gasteiger partial charge in [0.2, 0.25) is 5.95 Å². The number of halogens is 1. The molecule has 172 valence electrons. The molecule has 8 nitrogen and oxygen atoms in total. The van der Waals surface area contributed by atoms with Crippen molar-refractivity contribution in [2.45, 2.75) is 26.2 Å². The summed E-state index contributed by atoms with van der Waals surface area (Å²) in [6, 6.07) is 20.0. The maximum absolute atomic E-state index is 12.5. The first-order chi connectivity index (χ1) is 16.1. The number of aryl methyl sites for hydroxylation is 1. The van der Waals surface area contributed by atoms with Gasteiger partial charge in [-0.05, 0) is 17.5 Å². The second-order valence-corrected chi connectivity index (χ2v) is 8.17. The number of anilines is 1. The van der Waals surface area contributed by atoms with Crippen LogP contribution >= 0.6 is 11.6 Å². The lowest BCUT2D eigenvalue weighted by Crippen LogP contribution is -2.23. The van der Waals surface area contributed by atoms with E-state index in [0.29, 0.717) is 50.6 Å². The van der Waals surface area contributed by atoms with Gasteiger partial charge in [0.1, 0.15) is 5.52 Å². The molecule has 0 fully saturated rings. The molecule has 4 rings (SSSR count). The third-order valence-corrected chi connectivity index (χ3v) is 5.56. The lowest BCUT2D eigenvalue weighted by atomic mass is 10.1. The van der Waals surface area contributed by atoms with E-state index < -0.39 is 0 Å². The smallest absolute Gasteiger partial charge is 0.327 e. The number of nitrogens with two attached hydrogens (primary N) is 1. The van der Waals surface area contributed by atoms with E-state index in [2.05, 4.69) is 15.0 Å². The van der Waals surface area contributed by atoms with Gasteiger partial charge in [-0.2, -0.15) is 9.97 Å². The molecule has 3 N–H and O–H groups in total. The van der Waals surface area contributed by atoms with Crippen molar-refractivity contribution in [1.82, 2.24) is 19.5 Å². The number of H-pyrrole nitrogens is 1. The van der Waals surface area contributed by atoms with Gasteiger partial charge in [-0.3, -0.25) is 4.57 Å². The minimum Gasteiger partial charge on any atom is -0.376 e. The molecule has 2 aromatic heterocycles. The van der Waals surface area contributed by atoms with Gasteiger partial charge in [0, 0.05) is 12.5 Å². The molecule has 0 atom stereocenters. The fourth-order valence-corrected chi connectivity index (χ4v) is 3.80. The van der Waals surface area contributed by atoms with Crippen molar-refractivity contribution < 1.29 is 9.47 Å². The first kappa shape index (κ1) is 23.0. The second kappa shape index (κ2) is 11.1. The molecular formula is C24H26ClN5O3. The van der Waals surface area contributed by atoms with Crippen LogP contribution in [0.1, 0.15) is 17.5 Å². The zero-order valence-electron chi connectivity index (χ0n) is 18.1. The highest BCUT2D eigenvalue weighted by molar-refractivity contribution is 6.33. The molecule has 2 heterocycles. The molecule has 33 heavy (non-hydrogen) atoms. The van der Waals surface area contributed by atoms with Crippen molar-refractivity contribution in [3.05, 3.63) is 87.4 Å². The van der Waals surface area contributed by atoms with Crippen LogP contribution in [0.4, 0.5) is 5.95 Å². The van der Waals surface area contributed by atoms with Crippen molar-refractivity contribution >= 4 is 28.7 Å². The number of ether oxygens (including phenoxy) is 2. The standard InChI is InChI=1S/C24H26ClN5O3/c25-21-20-22(29-23(26)28-21)30(24(31)27-20)12-11-19(15-32-13-17-7-3-1-4-8-17)16-33-14-18-9-5-2-6-10-18/h1-10,19H,11-16H2,(H,27,31)(H2,26,28,29). The van der Waals surface area contributed by atoms with Crippen LogP contribution in [0.15, 0.2) is 65.5 Å². The van der Waals surface area contributed by atoms with Crippen LogP contribution < -0.4 is 11.4 Å². The van der Waals surface area contributed by atoms with E-state index >= 15 is 0 Å². The summed E-state index contributed by atoms with van der Waals surface area (Å²) in [6.07, 6.45) is 0.651. The number of hydrogen-bond acceptors (Lipinski definition) is 6. The predicted octanol–water partition coefficient (Wildman–Crippen LogP) is 3.80. The average molecular weight is 468 g/mol. The Morgan fingerprint density at radius 3 is 2.09 bits per heavy atom.